The Morgan fingerprint density at radius 3 is 2.90 bits per heavy atom. The van der Waals surface area contributed by atoms with Gasteiger partial charge < -0.3 is 5.11 Å². The van der Waals surface area contributed by atoms with Crippen molar-refractivity contribution in [3.8, 4) is 0 Å². The highest BCUT2D eigenvalue weighted by molar-refractivity contribution is 6.07. The molecule has 0 atom stereocenters. The zero-order valence-corrected chi connectivity index (χ0v) is 12.5. The van der Waals surface area contributed by atoms with E-state index in [0.717, 1.165) is 17.8 Å². The number of aryl methyl sites for hydroxylation is 1. The smallest absolute Gasteiger partial charge is 0.125 e. The molecule has 0 aliphatic carbocycles. The van der Waals surface area contributed by atoms with Crippen LogP contribution in [-0.2, 0) is 0 Å². The van der Waals surface area contributed by atoms with Crippen LogP contribution in [0.4, 0.5) is 0 Å². The maximum absolute atomic E-state index is 8.95. The molecule has 1 aromatic heterocycles. The van der Waals surface area contributed by atoms with E-state index in [4.69, 9.17) is 5.11 Å². The van der Waals surface area contributed by atoms with Crippen LogP contribution in [0.1, 0.15) is 18.4 Å². The van der Waals surface area contributed by atoms with Crippen molar-refractivity contribution >= 4 is 11.8 Å². The van der Waals surface area contributed by atoms with Crippen LogP contribution >= 0.6 is 0 Å². The van der Waals surface area contributed by atoms with Gasteiger partial charge in [0.05, 0.1) is 25.2 Å². The summed E-state index contributed by atoms with van der Waals surface area (Å²) in [5.41, 5.74) is 1.52. The van der Waals surface area contributed by atoms with Crippen molar-refractivity contribution in [2.24, 2.45) is 5.10 Å². The molecule has 0 fully saturated rings. The minimum absolute atomic E-state index is 0.151. The van der Waals surface area contributed by atoms with Crippen LogP contribution in [0.15, 0.2) is 23.9 Å². The molecule has 0 aliphatic heterocycles. The van der Waals surface area contributed by atoms with Crippen molar-refractivity contribution in [1.82, 2.24) is 19.9 Å². The van der Waals surface area contributed by atoms with Crippen LogP contribution in [0.5, 0.6) is 0 Å². The Bertz CT molecular complexity index is 461. The molecule has 0 amide bonds. The highest BCUT2D eigenvalue weighted by Crippen LogP contribution is 2.06. The Balaban J connectivity index is 2.56. The first kappa shape index (κ1) is 16.3. The molecule has 0 aliphatic rings. The van der Waals surface area contributed by atoms with E-state index < -0.39 is 0 Å². The van der Waals surface area contributed by atoms with E-state index in [9.17, 15) is 0 Å². The Hall–Kier alpha value is -1.79. The highest BCUT2D eigenvalue weighted by atomic mass is 16.3. The van der Waals surface area contributed by atoms with E-state index in [2.05, 4.69) is 33.5 Å². The van der Waals surface area contributed by atoms with E-state index >= 15 is 0 Å². The molecule has 1 aromatic rings. The van der Waals surface area contributed by atoms with Crippen molar-refractivity contribution < 1.29 is 5.11 Å². The second-order valence-corrected chi connectivity index (χ2v) is 4.49. The van der Waals surface area contributed by atoms with Gasteiger partial charge in [0.2, 0.25) is 0 Å². The maximum atomic E-state index is 8.95. The third kappa shape index (κ3) is 5.46. The van der Waals surface area contributed by atoms with Crippen molar-refractivity contribution in [3.05, 3.63) is 30.4 Å². The number of aromatic nitrogens is 2. The Kier molecular flexibility index (Phi) is 6.83. The third-order valence-corrected chi connectivity index (χ3v) is 2.78. The lowest BCUT2D eigenvalue weighted by Crippen LogP contribution is -2.35. The van der Waals surface area contributed by atoms with Crippen molar-refractivity contribution in [2.75, 3.05) is 33.4 Å². The summed E-state index contributed by atoms with van der Waals surface area (Å²) in [5.74, 6) is 0.713. The summed E-state index contributed by atoms with van der Waals surface area (Å²) >= 11 is 0. The number of allylic oxidation sites excluding steroid dienone is 1. The van der Waals surface area contributed by atoms with Crippen molar-refractivity contribution in [3.63, 3.8) is 0 Å². The van der Waals surface area contributed by atoms with Crippen molar-refractivity contribution in [2.45, 2.75) is 13.8 Å². The van der Waals surface area contributed by atoms with Gasteiger partial charge in [-0.25, -0.2) is 9.97 Å². The minimum atomic E-state index is 0.151. The topological polar surface area (TPSA) is 64.8 Å². The van der Waals surface area contributed by atoms with Crippen LogP contribution in [0.3, 0.4) is 0 Å². The standard InChI is InChI=1S/C14H23N5O/c1-5-19(8-9-20)11-18(4)16-10-12(2)14-6-7-15-13(3)17-14/h6-7,10,20H,2,5,8-9,11H2,1,3-4H3/b16-10-. The van der Waals surface area contributed by atoms with Gasteiger partial charge in [0.1, 0.15) is 5.82 Å². The van der Waals surface area contributed by atoms with Gasteiger partial charge >= 0.3 is 0 Å². The van der Waals surface area contributed by atoms with Crippen LogP contribution in [0.2, 0.25) is 0 Å². The zero-order chi connectivity index (χ0) is 15.0. The first-order chi connectivity index (χ1) is 9.56. The average molecular weight is 277 g/mol. The van der Waals surface area contributed by atoms with Crippen molar-refractivity contribution in [1.29, 1.82) is 0 Å². The first-order valence-corrected chi connectivity index (χ1v) is 6.64. The lowest BCUT2D eigenvalue weighted by Gasteiger charge is -2.24. The second kappa shape index (κ2) is 8.39. The molecule has 110 valence electrons. The number of hydrogen-bond donors (Lipinski definition) is 1. The summed E-state index contributed by atoms with van der Waals surface area (Å²) < 4.78 is 0. The fourth-order valence-electron chi connectivity index (χ4n) is 1.67. The van der Waals surface area contributed by atoms with Gasteiger partial charge in [-0.1, -0.05) is 13.5 Å². The SMILES string of the molecule is C=C(/C=N\N(C)CN(CC)CCO)c1ccnc(C)n1. The quantitative estimate of drug-likeness (QED) is 0.436. The number of likely N-dealkylation sites (N-methyl/N-ethyl adjacent to an activating group) is 1. The summed E-state index contributed by atoms with van der Waals surface area (Å²) in [6, 6.07) is 1.81. The molecule has 1 heterocycles. The molecule has 0 unspecified atom stereocenters. The number of hydrogen-bond acceptors (Lipinski definition) is 6. The number of nitrogens with zero attached hydrogens (tertiary/aromatic N) is 5. The Labute approximate surface area is 120 Å². The van der Waals surface area contributed by atoms with Crippen LogP contribution in [0.25, 0.3) is 5.57 Å². The lowest BCUT2D eigenvalue weighted by molar-refractivity contribution is 0.135. The fourth-order valence-corrected chi connectivity index (χ4v) is 1.67. The predicted molar refractivity (Wildman–Crippen MR) is 81.3 cm³/mol. The Morgan fingerprint density at radius 1 is 1.55 bits per heavy atom. The normalized spacial score (nSPS) is 11.2. The number of rotatable bonds is 8. The molecule has 0 saturated carbocycles. The molecule has 6 nitrogen and oxygen atoms in total. The summed E-state index contributed by atoms with van der Waals surface area (Å²) in [5, 5.41) is 15.1. The summed E-state index contributed by atoms with van der Waals surface area (Å²) in [4.78, 5) is 10.4. The number of aliphatic hydroxyl groups is 1. The molecule has 0 bridgehead atoms. The monoisotopic (exact) mass is 277 g/mol. The van der Waals surface area contributed by atoms with Crippen LogP contribution < -0.4 is 0 Å². The van der Waals surface area contributed by atoms with Gasteiger partial charge in [0.25, 0.3) is 0 Å². The van der Waals surface area contributed by atoms with E-state index in [0.29, 0.717) is 19.0 Å². The molecule has 20 heavy (non-hydrogen) atoms. The van der Waals surface area contributed by atoms with Crippen LogP contribution in [-0.4, -0.2) is 64.6 Å². The van der Waals surface area contributed by atoms with Crippen LogP contribution in [0, 0.1) is 6.92 Å². The largest absolute Gasteiger partial charge is 0.395 e. The molecule has 0 spiro atoms. The van der Waals surface area contributed by atoms with E-state index in [1.54, 1.807) is 17.4 Å². The minimum Gasteiger partial charge on any atom is -0.395 e. The van der Waals surface area contributed by atoms with E-state index in [-0.39, 0.29) is 6.61 Å². The molecule has 0 aromatic carbocycles. The van der Waals surface area contributed by atoms with Gasteiger partial charge in [0, 0.05) is 25.4 Å². The molecular formula is C14H23N5O. The van der Waals surface area contributed by atoms with Gasteiger partial charge in [-0.2, -0.15) is 5.10 Å². The number of aliphatic hydroxyl groups excluding tert-OH is 1. The summed E-state index contributed by atoms with van der Waals surface area (Å²) in [6.45, 7) is 10.2. The second-order valence-electron chi connectivity index (χ2n) is 4.49. The molecular weight excluding hydrogens is 254 g/mol. The summed E-state index contributed by atoms with van der Waals surface area (Å²) in [6.07, 6.45) is 3.40. The van der Waals surface area contributed by atoms with Gasteiger partial charge in [-0.15, -0.1) is 0 Å². The average Bonchev–Trinajstić information content (AvgIpc) is 2.44. The van der Waals surface area contributed by atoms with E-state index in [1.807, 2.05) is 20.0 Å². The third-order valence-electron chi connectivity index (χ3n) is 2.78. The van der Waals surface area contributed by atoms with Gasteiger partial charge in [0.15, 0.2) is 0 Å². The predicted octanol–water partition coefficient (Wildman–Crippen LogP) is 0.988. The molecule has 6 heteroatoms. The number of hydrazone groups is 1. The Morgan fingerprint density at radius 2 is 2.30 bits per heavy atom. The zero-order valence-electron chi connectivity index (χ0n) is 12.5. The maximum Gasteiger partial charge on any atom is 0.125 e. The molecule has 0 saturated heterocycles. The van der Waals surface area contributed by atoms with Gasteiger partial charge in [-0.3, -0.25) is 9.91 Å². The molecule has 1 rings (SSSR count). The van der Waals surface area contributed by atoms with Gasteiger partial charge in [-0.05, 0) is 19.5 Å². The first-order valence-electron chi connectivity index (χ1n) is 6.64. The molecule has 1 N–H and O–H groups in total. The lowest BCUT2D eigenvalue weighted by atomic mass is 10.2. The van der Waals surface area contributed by atoms with E-state index in [1.165, 1.54) is 0 Å². The molecule has 0 radical (unpaired) electrons. The summed E-state index contributed by atoms with van der Waals surface area (Å²) in [7, 11) is 1.88. The highest BCUT2D eigenvalue weighted by Gasteiger charge is 2.04. The fraction of sp³-hybridized carbons (Fsp3) is 0.500.